The first kappa shape index (κ1) is 11.0. The third kappa shape index (κ3) is 2.46. The zero-order valence-corrected chi connectivity index (χ0v) is 8.69. The molecule has 1 unspecified atom stereocenters. The predicted molar refractivity (Wildman–Crippen MR) is 51.4 cm³/mol. The van der Waals surface area contributed by atoms with E-state index >= 15 is 0 Å². The monoisotopic (exact) mass is 196 g/mol. The molecule has 0 aromatic carbocycles. The first-order valence-electron chi connectivity index (χ1n) is 4.96. The SMILES string of the molecule is CC(C)N(CCC#N)C1CCOC1=O. The number of carbonyl (C=O) groups excluding carboxylic acids is 1. The Hall–Kier alpha value is -1.08. The molecule has 0 aromatic heterocycles. The topological polar surface area (TPSA) is 53.3 Å². The summed E-state index contributed by atoms with van der Waals surface area (Å²) in [4.78, 5) is 13.4. The van der Waals surface area contributed by atoms with Crippen molar-refractivity contribution < 1.29 is 9.53 Å². The predicted octanol–water partition coefficient (Wildman–Crippen LogP) is 0.926. The quantitative estimate of drug-likeness (QED) is 0.627. The molecular formula is C10H16N2O2. The highest BCUT2D eigenvalue weighted by Crippen LogP contribution is 2.16. The third-order valence-electron chi connectivity index (χ3n) is 2.45. The van der Waals surface area contributed by atoms with Crippen LogP contribution in [0.5, 0.6) is 0 Å². The largest absolute Gasteiger partial charge is 0.464 e. The molecule has 78 valence electrons. The Morgan fingerprint density at radius 2 is 2.43 bits per heavy atom. The maximum atomic E-state index is 11.3. The molecule has 1 aliphatic rings. The molecule has 1 heterocycles. The highest BCUT2D eigenvalue weighted by Gasteiger charge is 2.33. The lowest BCUT2D eigenvalue weighted by atomic mass is 10.1. The maximum absolute atomic E-state index is 11.3. The highest BCUT2D eigenvalue weighted by atomic mass is 16.5. The molecule has 0 aliphatic carbocycles. The Morgan fingerprint density at radius 1 is 1.71 bits per heavy atom. The highest BCUT2D eigenvalue weighted by molar-refractivity contribution is 5.77. The van der Waals surface area contributed by atoms with Crippen molar-refractivity contribution in [1.82, 2.24) is 4.90 Å². The molecule has 0 aromatic rings. The van der Waals surface area contributed by atoms with E-state index in [9.17, 15) is 4.79 Å². The van der Waals surface area contributed by atoms with Crippen molar-refractivity contribution in [2.45, 2.75) is 38.8 Å². The van der Waals surface area contributed by atoms with Crippen molar-refractivity contribution in [3.8, 4) is 6.07 Å². The second kappa shape index (κ2) is 4.97. The molecule has 0 spiro atoms. The summed E-state index contributed by atoms with van der Waals surface area (Å²) in [6.07, 6.45) is 1.21. The van der Waals surface area contributed by atoms with Gasteiger partial charge >= 0.3 is 5.97 Å². The van der Waals surface area contributed by atoms with Crippen LogP contribution in [-0.2, 0) is 9.53 Å². The summed E-state index contributed by atoms with van der Waals surface area (Å²) in [6, 6.07) is 2.24. The van der Waals surface area contributed by atoms with E-state index in [0.717, 1.165) is 6.42 Å². The van der Waals surface area contributed by atoms with Gasteiger partial charge in [-0.15, -0.1) is 0 Å². The molecule has 4 nitrogen and oxygen atoms in total. The Morgan fingerprint density at radius 3 is 2.86 bits per heavy atom. The smallest absolute Gasteiger partial charge is 0.323 e. The number of cyclic esters (lactones) is 1. The lowest BCUT2D eigenvalue weighted by Crippen LogP contribution is -2.43. The van der Waals surface area contributed by atoms with Gasteiger partial charge in [0.05, 0.1) is 12.7 Å². The number of hydrogen-bond donors (Lipinski definition) is 0. The zero-order chi connectivity index (χ0) is 10.6. The van der Waals surface area contributed by atoms with E-state index in [1.807, 2.05) is 18.7 Å². The van der Waals surface area contributed by atoms with Gasteiger partial charge in [0.15, 0.2) is 0 Å². The van der Waals surface area contributed by atoms with Gasteiger partial charge in [-0.1, -0.05) is 0 Å². The minimum absolute atomic E-state index is 0.136. The summed E-state index contributed by atoms with van der Waals surface area (Å²) in [5.41, 5.74) is 0. The summed E-state index contributed by atoms with van der Waals surface area (Å²) < 4.78 is 4.91. The van der Waals surface area contributed by atoms with Gasteiger partial charge in [-0.05, 0) is 13.8 Å². The van der Waals surface area contributed by atoms with E-state index in [1.165, 1.54) is 0 Å². The van der Waals surface area contributed by atoms with Crippen LogP contribution in [0.3, 0.4) is 0 Å². The molecule has 0 bridgehead atoms. The zero-order valence-electron chi connectivity index (χ0n) is 8.69. The van der Waals surface area contributed by atoms with Gasteiger partial charge in [0, 0.05) is 25.4 Å². The molecule has 1 saturated heterocycles. The van der Waals surface area contributed by atoms with E-state index in [0.29, 0.717) is 19.6 Å². The Kier molecular flexibility index (Phi) is 3.90. The van der Waals surface area contributed by atoms with Gasteiger partial charge < -0.3 is 4.74 Å². The van der Waals surface area contributed by atoms with Gasteiger partial charge in [-0.25, -0.2) is 0 Å². The fraction of sp³-hybridized carbons (Fsp3) is 0.800. The van der Waals surface area contributed by atoms with Crippen molar-refractivity contribution in [2.24, 2.45) is 0 Å². The maximum Gasteiger partial charge on any atom is 0.323 e. The van der Waals surface area contributed by atoms with Crippen molar-refractivity contribution in [3.63, 3.8) is 0 Å². The Bertz CT molecular complexity index is 245. The van der Waals surface area contributed by atoms with Crippen LogP contribution in [0.15, 0.2) is 0 Å². The Labute approximate surface area is 84.4 Å². The number of hydrogen-bond acceptors (Lipinski definition) is 4. The van der Waals surface area contributed by atoms with Crippen molar-refractivity contribution in [3.05, 3.63) is 0 Å². The first-order valence-corrected chi connectivity index (χ1v) is 4.96. The summed E-state index contributed by atoms with van der Waals surface area (Å²) in [5.74, 6) is -0.142. The van der Waals surface area contributed by atoms with E-state index in [2.05, 4.69) is 6.07 Å². The van der Waals surface area contributed by atoms with Crippen molar-refractivity contribution in [1.29, 1.82) is 5.26 Å². The molecule has 1 fully saturated rings. The van der Waals surface area contributed by atoms with Crippen LogP contribution in [0.4, 0.5) is 0 Å². The van der Waals surface area contributed by atoms with E-state index < -0.39 is 0 Å². The molecule has 1 aliphatic heterocycles. The standard InChI is InChI=1S/C10H16N2O2/c1-8(2)12(6-3-5-11)9-4-7-14-10(9)13/h8-9H,3-4,6-7H2,1-2H3. The van der Waals surface area contributed by atoms with E-state index in [4.69, 9.17) is 10.00 Å². The Balaban J connectivity index is 2.58. The first-order chi connectivity index (χ1) is 6.66. The minimum atomic E-state index is -0.142. The molecule has 0 radical (unpaired) electrons. The molecule has 14 heavy (non-hydrogen) atoms. The number of ether oxygens (including phenoxy) is 1. The van der Waals surface area contributed by atoms with E-state index in [-0.39, 0.29) is 18.1 Å². The van der Waals surface area contributed by atoms with Gasteiger partial charge in [-0.2, -0.15) is 5.26 Å². The number of nitriles is 1. The van der Waals surface area contributed by atoms with Gasteiger partial charge in [0.1, 0.15) is 6.04 Å². The van der Waals surface area contributed by atoms with Crippen molar-refractivity contribution in [2.75, 3.05) is 13.2 Å². The fourth-order valence-electron chi connectivity index (χ4n) is 1.74. The fourth-order valence-corrected chi connectivity index (χ4v) is 1.74. The van der Waals surface area contributed by atoms with Crippen LogP contribution in [0, 0.1) is 11.3 Å². The van der Waals surface area contributed by atoms with Gasteiger partial charge in [0.2, 0.25) is 0 Å². The van der Waals surface area contributed by atoms with Crippen LogP contribution in [-0.4, -0.2) is 36.1 Å². The van der Waals surface area contributed by atoms with Crippen molar-refractivity contribution >= 4 is 5.97 Å². The molecule has 1 rings (SSSR count). The van der Waals surface area contributed by atoms with Crippen LogP contribution in [0.25, 0.3) is 0 Å². The molecule has 0 N–H and O–H groups in total. The lowest BCUT2D eigenvalue weighted by molar-refractivity contribution is -0.142. The van der Waals surface area contributed by atoms with Crippen LogP contribution >= 0.6 is 0 Å². The van der Waals surface area contributed by atoms with E-state index in [1.54, 1.807) is 0 Å². The minimum Gasteiger partial charge on any atom is -0.464 e. The molecule has 1 atom stereocenters. The lowest BCUT2D eigenvalue weighted by Gasteiger charge is -2.28. The number of rotatable bonds is 4. The van der Waals surface area contributed by atoms with Gasteiger partial charge in [0.25, 0.3) is 0 Å². The summed E-state index contributed by atoms with van der Waals surface area (Å²) in [7, 11) is 0. The second-order valence-corrected chi connectivity index (χ2v) is 3.71. The van der Waals surface area contributed by atoms with Crippen LogP contribution in [0.1, 0.15) is 26.7 Å². The number of esters is 1. The summed E-state index contributed by atoms with van der Waals surface area (Å²) in [6.45, 7) is 5.22. The third-order valence-corrected chi connectivity index (χ3v) is 2.45. The summed E-state index contributed by atoms with van der Waals surface area (Å²) >= 11 is 0. The molecule has 0 amide bonds. The van der Waals surface area contributed by atoms with Crippen LogP contribution in [0.2, 0.25) is 0 Å². The average molecular weight is 196 g/mol. The molecular weight excluding hydrogens is 180 g/mol. The van der Waals surface area contributed by atoms with Crippen LogP contribution < -0.4 is 0 Å². The molecule has 4 heteroatoms. The van der Waals surface area contributed by atoms with Gasteiger partial charge in [-0.3, -0.25) is 9.69 Å². The number of carbonyl (C=O) groups is 1. The normalized spacial score (nSPS) is 21.4. The summed E-state index contributed by atoms with van der Waals surface area (Å²) in [5, 5.41) is 8.51. The molecule has 0 saturated carbocycles. The average Bonchev–Trinajstić information content (AvgIpc) is 2.52. The number of nitrogens with zero attached hydrogens (tertiary/aromatic N) is 2. The second-order valence-electron chi connectivity index (χ2n) is 3.71.